The van der Waals surface area contributed by atoms with E-state index < -0.39 is 10.0 Å². The van der Waals surface area contributed by atoms with Crippen molar-refractivity contribution >= 4 is 33.2 Å². The van der Waals surface area contributed by atoms with Crippen LogP contribution in [0.2, 0.25) is 0 Å². The van der Waals surface area contributed by atoms with Crippen LogP contribution in [-0.2, 0) is 14.8 Å². The number of carbonyl (C=O) groups excluding carboxylic acids is 2. The van der Waals surface area contributed by atoms with Crippen LogP contribution in [-0.4, -0.2) is 61.7 Å². The Hall–Kier alpha value is -1.45. The molecule has 3 aliphatic rings. The first-order chi connectivity index (χ1) is 13.9. The minimum Gasteiger partial charge on any atom is -0.353 e. The Morgan fingerprint density at radius 1 is 0.966 bits per heavy atom. The summed E-state index contributed by atoms with van der Waals surface area (Å²) in [6.07, 6.45) is 7.48. The number of hydrogen-bond donors (Lipinski definition) is 1. The first-order valence-electron chi connectivity index (χ1n) is 10.6. The smallest absolute Gasteiger partial charge is 0.254 e. The second-order valence-electron chi connectivity index (χ2n) is 8.32. The average Bonchev–Trinajstić information content (AvgIpc) is 3.46. The number of thiophene rings is 1. The molecule has 0 atom stereocenters. The van der Waals surface area contributed by atoms with Crippen molar-refractivity contribution in [2.45, 2.75) is 61.6 Å². The van der Waals surface area contributed by atoms with Crippen LogP contribution in [0.25, 0.3) is 0 Å². The second-order valence-corrected chi connectivity index (χ2v) is 11.4. The molecule has 1 aromatic rings. The first-order valence-corrected chi connectivity index (χ1v) is 13.0. The number of likely N-dealkylation sites (tertiary alicyclic amines) is 1. The van der Waals surface area contributed by atoms with Gasteiger partial charge < -0.3 is 10.2 Å². The van der Waals surface area contributed by atoms with Gasteiger partial charge in [0.15, 0.2) is 0 Å². The van der Waals surface area contributed by atoms with E-state index in [0.717, 1.165) is 63.0 Å². The SMILES string of the molecule is O=C(NC1CC1)C1CCN(S(=O)(=O)c2cc(C(=O)N3CCCCCC3)cs2)CC1. The van der Waals surface area contributed by atoms with Crippen LogP contribution in [0, 0.1) is 5.92 Å². The molecule has 160 valence electrons. The Morgan fingerprint density at radius 2 is 1.62 bits per heavy atom. The lowest BCUT2D eigenvalue weighted by molar-refractivity contribution is -0.126. The van der Waals surface area contributed by atoms with Crippen molar-refractivity contribution in [2.75, 3.05) is 26.2 Å². The fourth-order valence-corrected chi connectivity index (χ4v) is 6.83. The molecule has 0 unspecified atom stereocenters. The molecule has 0 radical (unpaired) electrons. The number of rotatable bonds is 5. The minimum atomic E-state index is -3.62. The lowest BCUT2D eigenvalue weighted by Gasteiger charge is -2.30. The van der Waals surface area contributed by atoms with Crippen molar-refractivity contribution in [1.82, 2.24) is 14.5 Å². The highest BCUT2D eigenvalue weighted by molar-refractivity contribution is 7.91. The molecule has 0 aromatic carbocycles. The molecule has 0 bridgehead atoms. The predicted octanol–water partition coefficient (Wildman–Crippen LogP) is 2.44. The summed E-state index contributed by atoms with van der Waals surface area (Å²) < 4.78 is 27.7. The molecule has 2 amide bonds. The number of nitrogens with one attached hydrogen (secondary N) is 1. The van der Waals surface area contributed by atoms with Gasteiger partial charge in [0.1, 0.15) is 4.21 Å². The Kier molecular flexibility index (Phi) is 6.27. The molecule has 1 aliphatic carbocycles. The number of sulfonamides is 1. The summed E-state index contributed by atoms with van der Waals surface area (Å²) in [5.41, 5.74) is 0.467. The third-order valence-electron chi connectivity index (χ3n) is 6.06. The van der Waals surface area contributed by atoms with Gasteiger partial charge in [-0.2, -0.15) is 4.31 Å². The summed E-state index contributed by atoms with van der Waals surface area (Å²) in [4.78, 5) is 26.8. The molecule has 9 heteroatoms. The van der Waals surface area contributed by atoms with Gasteiger partial charge in [0.25, 0.3) is 15.9 Å². The molecule has 3 heterocycles. The highest BCUT2D eigenvalue weighted by Crippen LogP contribution is 2.29. The summed E-state index contributed by atoms with van der Waals surface area (Å²) in [7, 11) is -3.62. The molecular formula is C20H29N3O4S2. The number of nitrogens with zero attached hydrogens (tertiary/aromatic N) is 2. The van der Waals surface area contributed by atoms with Gasteiger partial charge in [-0.1, -0.05) is 12.8 Å². The molecule has 2 saturated heterocycles. The zero-order chi connectivity index (χ0) is 20.4. The van der Waals surface area contributed by atoms with Crippen LogP contribution in [0.15, 0.2) is 15.7 Å². The van der Waals surface area contributed by atoms with Crippen molar-refractivity contribution in [3.05, 3.63) is 17.0 Å². The summed E-state index contributed by atoms with van der Waals surface area (Å²) in [5.74, 6) is -0.114. The fourth-order valence-electron chi connectivity index (χ4n) is 4.05. The van der Waals surface area contributed by atoms with Crippen molar-refractivity contribution in [3.63, 3.8) is 0 Å². The van der Waals surface area contributed by atoms with E-state index in [2.05, 4.69) is 5.32 Å². The summed E-state index contributed by atoms with van der Waals surface area (Å²) in [6, 6.07) is 1.86. The maximum Gasteiger partial charge on any atom is 0.254 e. The van der Waals surface area contributed by atoms with Gasteiger partial charge >= 0.3 is 0 Å². The third-order valence-corrected chi connectivity index (χ3v) is 9.37. The summed E-state index contributed by atoms with van der Waals surface area (Å²) in [6.45, 7) is 2.18. The van der Waals surface area contributed by atoms with E-state index >= 15 is 0 Å². The summed E-state index contributed by atoms with van der Waals surface area (Å²) in [5, 5.41) is 4.68. The molecule has 1 N–H and O–H groups in total. The normalized spacial score (nSPS) is 22.3. The van der Waals surface area contributed by atoms with Crippen molar-refractivity contribution in [2.24, 2.45) is 5.92 Å². The molecular weight excluding hydrogens is 410 g/mol. The number of carbonyl (C=O) groups is 2. The van der Waals surface area contributed by atoms with Crippen LogP contribution in [0.3, 0.4) is 0 Å². The molecule has 0 spiro atoms. The number of piperidine rings is 1. The average molecular weight is 440 g/mol. The Bertz CT molecular complexity index is 847. The lowest BCUT2D eigenvalue weighted by atomic mass is 9.97. The summed E-state index contributed by atoms with van der Waals surface area (Å²) >= 11 is 1.12. The number of hydrogen-bond acceptors (Lipinski definition) is 5. The molecule has 4 rings (SSSR count). The molecule has 2 aliphatic heterocycles. The lowest BCUT2D eigenvalue weighted by Crippen LogP contribution is -2.43. The standard InChI is InChI=1S/C20H29N3O4S2/c24-19(21-17-5-6-17)15-7-11-23(12-8-15)29(26,27)18-13-16(14-28-18)20(25)22-9-3-1-2-4-10-22/h13-15,17H,1-12H2,(H,21,24). The highest BCUT2D eigenvalue weighted by Gasteiger charge is 2.35. The van der Waals surface area contributed by atoms with Gasteiger partial charge in [0.05, 0.1) is 5.56 Å². The van der Waals surface area contributed by atoms with Gasteiger partial charge in [-0.3, -0.25) is 9.59 Å². The number of amides is 2. The molecule has 29 heavy (non-hydrogen) atoms. The minimum absolute atomic E-state index is 0.0611. The largest absolute Gasteiger partial charge is 0.353 e. The second kappa shape index (κ2) is 8.73. The van der Waals surface area contributed by atoms with E-state index in [4.69, 9.17) is 0 Å². The van der Waals surface area contributed by atoms with Gasteiger partial charge in [-0.05, 0) is 44.6 Å². The van der Waals surface area contributed by atoms with Gasteiger partial charge in [-0.15, -0.1) is 11.3 Å². The molecule has 7 nitrogen and oxygen atoms in total. The van der Waals surface area contributed by atoms with E-state index in [1.807, 2.05) is 4.90 Å². The van der Waals surface area contributed by atoms with Crippen LogP contribution in [0.1, 0.15) is 61.7 Å². The zero-order valence-corrected chi connectivity index (χ0v) is 18.3. The molecule has 3 fully saturated rings. The first kappa shape index (κ1) is 20.8. The maximum absolute atomic E-state index is 13.0. The van der Waals surface area contributed by atoms with Crippen LogP contribution in [0.4, 0.5) is 0 Å². The van der Waals surface area contributed by atoms with E-state index in [0.29, 0.717) is 37.5 Å². The fraction of sp³-hybridized carbons (Fsp3) is 0.700. The highest BCUT2D eigenvalue weighted by atomic mass is 32.2. The monoisotopic (exact) mass is 439 g/mol. The van der Waals surface area contributed by atoms with E-state index in [1.54, 1.807) is 5.38 Å². The quantitative estimate of drug-likeness (QED) is 0.763. The van der Waals surface area contributed by atoms with Gasteiger partial charge in [-0.25, -0.2) is 8.42 Å². The van der Waals surface area contributed by atoms with Gasteiger partial charge in [0, 0.05) is 43.5 Å². The predicted molar refractivity (Wildman–Crippen MR) is 111 cm³/mol. The van der Waals surface area contributed by atoms with Crippen LogP contribution >= 0.6 is 11.3 Å². The van der Waals surface area contributed by atoms with Crippen molar-refractivity contribution < 1.29 is 18.0 Å². The molecule has 1 aromatic heterocycles. The topological polar surface area (TPSA) is 86.8 Å². The van der Waals surface area contributed by atoms with E-state index in [9.17, 15) is 18.0 Å². The van der Waals surface area contributed by atoms with Crippen molar-refractivity contribution in [3.8, 4) is 0 Å². The maximum atomic E-state index is 13.0. The zero-order valence-electron chi connectivity index (χ0n) is 16.6. The van der Waals surface area contributed by atoms with Crippen LogP contribution < -0.4 is 5.32 Å². The Labute approximate surface area is 176 Å². The Balaban J connectivity index is 1.38. The third kappa shape index (κ3) is 4.83. The van der Waals surface area contributed by atoms with Crippen molar-refractivity contribution in [1.29, 1.82) is 0 Å². The van der Waals surface area contributed by atoms with Gasteiger partial charge in [0.2, 0.25) is 5.91 Å². The Morgan fingerprint density at radius 3 is 2.24 bits per heavy atom. The molecule has 1 saturated carbocycles. The van der Waals surface area contributed by atoms with E-state index in [1.165, 1.54) is 10.4 Å². The van der Waals surface area contributed by atoms with Crippen LogP contribution in [0.5, 0.6) is 0 Å². The van der Waals surface area contributed by atoms with E-state index in [-0.39, 0.29) is 21.9 Å².